The van der Waals surface area contributed by atoms with Crippen molar-refractivity contribution in [1.29, 1.82) is 0 Å². The van der Waals surface area contributed by atoms with Crippen molar-refractivity contribution in [2.75, 3.05) is 6.61 Å². The Bertz CT molecular complexity index is 464. The first-order valence-electron chi connectivity index (χ1n) is 5.19. The third-order valence-corrected chi connectivity index (χ3v) is 2.90. The van der Waals surface area contributed by atoms with Crippen LogP contribution in [0.4, 0.5) is 13.2 Å². The van der Waals surface area contributed by atoms with Crippen LogP contribution in [0, 0.1) is 0 Å². The number of pyridine rings is 1. The SMILES string of the molecule is CC1(C)OCC(c2ccnc(Cl)c2)(C(F)(F)F)O1. The second-order valence-electron chi connectivity index (χ2n) is 4.48. The van der Waals surface area contributed by atoms with E-state index in [0.29, 0.717) is 0 Å². The van der Waals surface area contributed by atoms with Crippen molar-refractivity contribution in [2.45, 2.75) is 31.4 Å². The Kier molecular flexibility index (Phi) is 3.08. The van der Waals surface area contributed by atoms with Crippen molar-refractivity contribution in [3.63, 3.8) is 0 Å². The van der Waals surface area contributed by atoms with Crippen LogP contribution < -0.4 is 0 Å². The largest absolute Gasteiger partial charge is 0.424 e. The highest BCUT2D eigenvalue weighted by atomic mass is 35.5. The van der Waals surface area contributed by atoms with Gasteiger partial charge in [-0.3, -0.25) is 0 Å². The van der Waals surface area contributed by atoms with Gasteiger partial charge in [-0.15, -0.1) is 0 Å². The lowest BCUT2D eigenvalue weighted by Gasteiger charge is -2.31. The highest BCUT2D eigenvalue weighted by Gasteiger charge is 2.64. The van der Waals surface area contributed by atoms with Crippen molar-refractivity contribution >= 4 is 11.6 Å². The van der Waals surface area contributed by atoms with E-state index in [2.05, 4.69) is 4.98 Å². The van der Waals surface area contributed by atoms with Crippen molar-refractivity contribution in [2.24, 2.45) is 0 Å². The maximum atomic E-state index is 13.3. The second-order valence-corrected chi connectivity index (χ2v) is 4.87. The third kappa shape index (κ3) is 2.20. The lowest BCUT2D eigenvalue weighted by Crippen LogP contribution is -2.45. The molecule has 1 aromatic rings. The average Bonchev–Trinajstić information content (AvgIpc) is 2.55. The Morgan fingerprint density at radius 1 is 1.39 bits per heavy atom. The van der Waals surface area contributed by atoms with E-state index < -0.39 is 24.2 Å². The van der Waals surface area contributed by atoms with E-state index in [0.717, 1.165) is 6.07 Å². The number of aromatic nitrogens is 1. The van der Waals surface area contributed by atoms with Gasteiger partial charge in [0.15, 0.2) is 5.79 Å². The Labute approximate surface area is 107 Å². The molecule has 1 saturated heterocycles. The van der Waals surface area contributed by atoms with Crippen LogP contribution in [0.25, 0.3) is 0 Å². The van der Waals surface area contributed by atoms with Gasteiger partial charge in [-0.2, -0.15) is 13.2 Å². The molecule has 0 aliphatic carbocycles. The van der Waals surface area contributed by atoms with E-state index >= 15 is 0 Å². The van der Waals surface area contributed by atoms with E-state index in [-0.39, 0.29) is 10.7 Å². The molecule has 1 aliphatic rings. The molecule has 100 valence electrons. The predicted octanol–water partition coefficient (Wildman–Crippen LogP) is 3.28. The molecule has 0 saturated carbocycles. The van der Waals surface area contributed by atoms with Crippen molar-refractivity contribution in [1.82, 2.24) is 4.98 Å². The van der Waals surface area contributed by atoms with Crippen molar-refractivity contribution < 1.29 is 22.6 Å². The first-order valence-corrected chi connectivity index (χ1v) is 5.57. The molecular weight excluding hydrogens is 271 g/mol. The monoisotopic (exact) mass is 281 g/mol. The molecule has 0 amide bonds. The summed E-state index contributed by atoms with van der Waals surface area (Å²) < 4.78 is 50.1. The number of hydrogen-bond donors (Lipinski definition) is 0. The maximum Gasteiger partial charge on any atom is 0.424 e. The minimum Gasteiger partial charge on any atom is -0.347 e. The Hall–Kier alpha value is -0.850. The standard InChI is InChI=1S/C11H11ClF3NO2/c1-9(2)17-6-10(18-9,11(13,14)15)7-3-4-16-8(12)5-7/h3-5H,6H2,1-2H3. The van der Waals surface area contributed by atoms with E-state index in [1.54, 1.807) is 0 Å². The van der Waals surface area contributed by atoms with Gasteiger partial charge in [0.2, 0.25) is 5.60 Å². The lowest BCUT2D eigenvalue weighted by atomic mass is 9.95. The van der Waals surface area contributed by atoms with Crippen LogP contribution in [0.5, 0.6) is 0 Å². The summed E-state index contributed by atoms with van der Waals surface area (Å²) in [6.45, 7) is 2.26. The molecule has 0 spiro atoms. The normalized spacial score (nSPS) is 27.4. The molecule has 1 atom stereocenters. The predicted molar refractivity (Wildman–Crippen MR) is 58.1 cm³/mol. The first-order chi connectivity index (χ1) is 8.16. The zero-order chi connectivity index (χ0) is 13.6. The minimum atomic E-state index is -4.61. The second kappa shape index (κ2) is 4.08. The highest BCUT2D eigenvalue weighted by molar-refractivity contribution is 6.29. The minimum absolute atomic E-state index is 0.0237. The summed E-state index contributed by atoms with van der Waals surface area (Å²) >= 11 is 5.63. The first kappa shape index (κ1) is 13.6. The van der Waals surface area contributed by atoms with Crippen LogP contribution in [0.15, 0.2) is 18.3 Å². The third-order valence-electron chi connectivity index (χ3n) is 2.69. The zero-order valence-electron chi connectivity index (χ0n) is 9.71. The van der Waals surface area contributed by atoms with Gasteiger partial charge < -0.3 is 9.47 Å². The molecule has 2 rings (SSSR count). The zero-order valence-corrected chi connectivity index (χ0v) is 10.5. The molecule has 1 fully saturated rings. The van der Waals surface area contributed by atoms with E-state index in [1.807, 2.05) is 0 Å². The van der Waals surface area contributed by atoms with Gasteiger partial charge in [0, 0.05) is 6.20 Å². The number of hydrogen-bond acceptors (Lipinski definition) is 3. The molecule has 0 N–H and O–H groups in total. The summed E-state index contributed by atoms with van der Waals surface area (Å²) in [5.74, 6) is -1.30. The summed E-state index contributed by atoms with van der Waals surface area (Å²) in [5, 5.41) is -0.0237. The van der Waals surface area contributed by atoms with Gasteiger partial charge in [-0.25, -0.2) is 4.98 Å². The fourth-order valence-electron chi connectivity index (χ4n) is 1.85. The summed E-state index contributed by atoms with van der Waals surface area (Å²) in [6.07, 6.45) is -3.40. The molecule has 2 heterocycles. The molecule has 18 heavy (non-hydrogen) atoms. The lowest BCUT2D eigenvalue weighted by molar-refractivity contribution is -0.289. The fourth-order valence-corrected chi connectivity index (χ4v) is 2.03. The number of rotatable bonds is 1. The van der Waals surface area contributed by atoms with Gasteiger partial charge in [0.05, 0.1) is 6.61 Å². The number of alkyl halides is 3. The van der Waals surface area contributed by atoms with Gasteiger partial charge in [-0.1, -0.05) is 11.6 Å². The molecule has 1 aromatic heterocycles. The average molecular weight is 282 g/mol. The Morgan fingerprint density at radius 2 is 2.06 bits per heavy atom. The van der Waals surface area contributed by atoms with Crippen LogP contribution in [0.2, 0.25) is 5.15 Å². The number of nitrogens with zero attached hydrogens (tertiary/aromatic N) is 1. The Morgan fingerprint density at radius 3 is 2.50 bits per heavy atom. The summed E-state index contributed by atoms with van der Waals surface area (Å²) in [7, 11) is 0. The topological polar surface area (TPSA) is 31.4 Å². The van der Waals surface area contributed by atoms with Crippen LogP contribution in [-0.2, 0) is 15.1 Å². The Balaban J connectivity index is 2.52. The van der Waals surface area contributed by atoms with Gasteiger partial charge in [0.25, 0.3) is 0 Å². The number of halogens is 4. The van der Waals surface area contributed by atoms with Crippen LogP contribution in [-0.4, -0.2) is 23.6 Å². The van der Waals surface area contributed by atoms with Crippen LogP contribution >= 0.6 is 11.6 Å². The van der Waals surface area contributed by atoms with Gasteiger partial charge in [-0.05, 0) is 31.5 Å². The molecule has 1 aliphatic heterocycles. The summed E-state index contributed by atoms with van der Waals surface area (Å²) in [4.78, 5) is 3.66. The van der Waals surface area contributed by atoms with E-state index in [9.17, 15) is 13.2 Å². The number of ether oxygens (including phenoxy) is 2. The fraction of sp³-hybridized carbons (Fsp3) is 0.545. The van der Waals surface area contributed by atoms with Gasteiger partial charge in [0.1, 0.15) is 5.15 Å². The summed E-state index contributed by atoms with van der Waals surface area (Å²) in [5.41, 5.74) is -2.61. The highest BCUT2D eigenvalue weighted by Crippen LogP contribution is 2.49. The van der Waals surface area contributed by atoms with Crippen LogP contribution in [0.3, 0.4) is 0 Å². The molecular formula is C11H11ClF3NO2. The van der Waals surface area contributed by atoms with Crippen LogP contribution in [0.1, 0.15) is 19.4 Å². The molecule has 7 heteroatoms. The van der Waals surface area contributed by atoms with Crippen molar-refractivity contribution in [3.8, 4) is 0 Å². The van der Waals surface area contributed by atoms with E-state index in [1.165, 1.54) is 26.1 Å². The maximum absolute atomic E-state index is 13.3. The summed E-state index contributed by atoms with van der Waals surface area (Å²) in [6, 6.07) is 2.37. The quantitative estimate of drug-likeness (QED) is 0.740. The van der Waals surface area contributed by atoms with Crippen molar-refractivity contribution in [3.05, 3.63) is 29.0 Å². The molecule has 0 aromatic carbocycles. The molecule has 0 bridgehead atoms. The molecule has 3 nitrogen and oxygen atoms in total. The molecule has 1 unspecified atom stereocenters. The van der Waals surface area contributed by atoms with Gasteiger partial charge >= 0.3 is 6.18 Å². The van der Waals surface area contributed by atoms with E-state index in [4.69, 9.17) is 21.1 Å². The smallest absolute Gasteiger partial charge is 0.347 e. The molecule has 0 radical (unpaired) electrons.